The van der Waals surface area contributed by atoms with Gasteiger partial charge in [0.1, 0.15) is 5.60 Å². The maximum atomic E-state index is 12.3. The molecule has 0 radical (unpaired) electrons. The molecule has 0 bridgehead atoms. The van der Waals surface area contributed by atoms with Crippen molar-refractivity contribution in [1.29, 1.82) is 0 Å². The number of hydrogen-bond acceptors (Lipinski definition) is 4. The summed E-state index contributed by atoms with van der Waals surface area (Å²) in [5.41, 5.74) is 6.03. The fourth-order valence-electron chi connectivity index (χ4n) is 7.75. The summed E-state index contributed by atoms with van der Waals surface area (Å²) < 4.78 is 10.1. The molecular weight excluding hydrogens is 865 g/mol. The number of esters is 1. The van der Waals surface area contributed by atoms with Gasteiger partial charge in [0.25, 0.3) is 0 Å². The van der Waals surface area contributed by atoms with Gasteiger partial charge < -0.3 is 31.6 Å². The van der Waals surface area contributed by atoms with Crippen LogP contribution in [0.1, 0.15) is 46.8 Å². The van der Waals surface area contributed by atoms with Crippen LogP contribution >= 0.6 is 0 Å². The van der Waals surface area contributed by atoms with Crippen LogP contribution in [0.3, 0.4) is 0 Å². The van der Waals surface area contributed by atoms with E-state index in [2.05, 4.69) is 72.8 Å². The van der Waals surface area contributed by atoms with E-state index >= 15 is 0 Å². The molecule has 1 aliphatic heterocycles. The maximum absolute atomic E-state index is 12.3. The molecule has 9 aromatic rings. The number of ether oxygens (including phenoxy) is 2. The van der Waals surface area contributed by atoms with Crippen molar-refractivity contribution < 1.29 is 36.4 Å². The summed E-state index contributed by atoms with van der Waals surface area (Å²) in [5, 5.41) is 17.0. The van der Waals surface area contributed by atoms with Crippen molar-refractivity contribution in [2.24, 2.45) is 0 Å². The predicted molar refractivity (Wildman–Crippen MR) is 261 cm³/mol. The van der Waals surface area contributed by atoms with Gasteiger partial charge in [0.2, 0.25) is 0 Å². The first-order valence-corrected chi connectivity index (χ1v) is 21.2. The monoisotopic (exact) mass is 914 g/mol. The number of rotatable bonds is 7. The molecule has 0 aromatic heterocycles. The molecular formula is C58H51BrMgO4. The Hall–Kier alpha value is -5.86. The molecule has 9 aromatic carbocycles. The molecule has 4 nitrogen and oxygen atoms in total. The van der Waals surface area contributed by atoms with Crippen LogP contribution in [0, 0.1) is 6.07 Å². The van der Waals surface area contributed by atoms with Gasteiger partial charge in [-0.1, -0.05) is 188 Å². The molecule has 64 heavy (non-hydrogen) atoms. The molecule has 1 saturated heterocycles. The fourth-order valence-corrected chi connectivity index (χ4v) is 7.75. The van der Waals surface area contributed by atoms with Gasteiger partial charge >= 0.3 is 29.0 Å². The van der Waals surface area contributed by atoms with Gasteiger partial charge in [0, 0.05) is 18.8 Å². The van der Waals surface area contributed by atoms with Crippen molar-refractivity contribution in [1.82, 2.24) is 0 Å². The second-order valence-corrected chi connectivity index (χ2v) is 14.7. The zero-order chi connectivity index (χ0) is 42.8. The molecule has 0 amide bonds. The van der Waals surface area contributed by atoms with Crippen LogP contribution in [-0.2, 0) is 15.1 Å². The summed E-state index contributed by atoms with van der Waals surface area (Å²) in [4.78, 5) is 12.2. The fraction of sp³-hybridized carbons (Fsp3) is 0.121. The number of benzene rings is 9. The normalized spacial score (nSPS) is 11.5. The Morgan fingerprint density at radius 2 is 0.953 bits per heavy atom. The van der Waals surface area contributed by atoms with Gasteiger partial charge in [-0.25, -0.2) is 4.79 Å². The summed E-state index contributed by atoms with van der Waals surface area (Å²) >= 11 is 0. The Morgan fingerprint density at radius 1 is 0.531 bits per heavy atom. The number of carbonyl (C=O) groups excluding carboxylic acids is 1. The predicted octanol–water partition coefficient (Wildman–Crippen LogP) is 10.4. The van der Waals surface area contributed by atoms with E-state index in [1.54, 1.807) is 0 Å². The van der Waals surface area contributed by atoms with E-state index in [1.807, 2.05) is 165 Å². The van der Waals surface area contributed by atoms with Crippen molar-refractivity contribution in [2.75, 3.05) is 19.8 Å². The number of carbonyl (C=O) groups is 1. The number of halogens is 1. The van der Waals surface area contributed by atoms with Gasteiger partial charge in [-0.3, -0.25) is 0 Å². The van der Waals surface area contributed by atoms with Crippen molar-refractivity contribution >= 4 is 50.6 Å². The van der Waals surface area contributed by atoms with Crippen LogP contribution in [0.4, 0.5) is 0 Å². The summed E-state index contributed by atoms with van der Waals surface area (Å²) in [6, 6.07) is 77.2. The standard InChI is InChI=1S/C29H22O.C19H16O2.C6H5.C4H8O.BrH.Mg/c30-29(23-14-3-1-4-15-23,24-16-5-2-6-17-24)28-21-10-9-19-27(28)26-20-11-13-22-12-7-8-18-25(22)26;1-2-21-19(20)18-12-6-5-11-17(18)16-13-7-9-14-8-3-4-10-15(14)16;1-2-4-6-5-3-1;1-2-4-5-3-1;;/h1-21,30H;3-13H,2H2,1H3;1-5H;1-4H2;1H;/q;;-1;;;+2/p-1. The van der Waals surface area contributed by atoms with Crippen molar-refractivity contribution in [3.63, 3.8) is 0 Å². The van der Waals surface area contributed by atoms with E-state index in [0.29, 0.717) is 12.2 Å². The Bertz CT molecular complexity index is 2690. The molecule has 1 N–H and O–H groups in total. The quantitative estimate of drug-likeness (QED) is 0.0749. The first-order valence-electron chi connectivity index (χ1n) is 21.2. The summed E-state index contributed by atoms with van der Waals surface area (Å²) in [7, 11) is 0. The molecule has 0 spiro atoms. The topological polar surface area (TPSA) is 55.8 Å². The average molecular weight is 916 g/mol. The molecule has 1 fully saturated rings. The van der Waals surface area contributed by atoms with Crippen LogP contribution in [0.2, 0.25) is 0 Å². The van der Waals surface area contributed by atoms with Gasteiger partial charge in [0.05, 0.1) is 12.2 Å². The number of fused-ring (bicyclic) bond motifs is 2. The SMILES string of the molecule is C1CCOC1.CCOC(=O)c1ccccc1-c1cccc2ccccc12.OC(c1ccccc1)(c1ccccc1)c1ccccc1-c1cccc2ccccc12.[Br-].[Mg+2].[c-]1ccccc1. The van der Waals surface area contributed by atoms with Crippen LogP contribution in [0.5, 0.6) is 0 Å². The van der Waals surface area contributed by atoms with Crippen LogP contribution in [0.15, 0.2) is 224 Å². The second kappa shape index (κ2) is 25.4. The molecule has 0 unspecified atom stereocenters. The molecule has 0 aliphatic carbocycles. The minimum atomic E-state index is -1.27. The Morgan fingerprint density at radius 3 is 1.44 bits per heavy atom. The third-order valence-corrected chi connectivity index (χ3v) is 10.7. The maximum Gasteiger partial charge on any atom is 2.00 e. The second-order valence-electron chi connectivity index (χ2n) is 14.7. The largest absolute Gasteiger partial charge is 2.00 e. The Kier molecular flexibility index (Phi) is 19.5. The summed E-state index contributed by atoms with van der Waals surface area (Å²) in [5.74, 6) is -0.277. The van der Waals surface area contributed by atoms with Crippen molar-refractivity contribution in [3.8, 4) is 22.3 Å². The first-order chi connectivity index (χ1) is 30.6. The van der Waals surface area contributed by atoms with Gasteiger partial charge in [-0.05, 0) is 80.8 Å². The van der Waals surface area contributed by atoms with E-state index in [1.165, 1.54) is 23.6 Å². The number of hydrogen-bond donors (Lipinski definition) is 1. The Balaban J connectivity index is 0.000000195. The average Bonchev–Trinajstić information content (AvgIpc) is 3.96. The summed E-state index contributed by atoms with van der Waals surface area (Å²) in [6.45, 7) is 4.20. The molecule has 0 atom stereocenters. The first kappa shape index (κ1) is 49.2. The van der Waals surface area contributed by atoms with E-state index < -0.39 is 5.60 Å². The molecule has 0 saturated carbocycles. The van der Waals surface area contributed by atoms with Crippen LogP contribution in [0.25, 0.3) is 43.8 Å². The smallest absolute Gasteiger partial charge is 1.00 e. The molecule has 1 heterocycles. The van der Waals surface area contributed by atoms with E-state index in [-0.39, 0.29) is 46.0 Å². The molecule has 316 valence electrons. The molecule has 1 aliphatic rings. The number of aliphatic hydroxyl groups is 1. The molecule has 6 heteroatoms. The Labute approximate surface area is 404 Å². The van der Waals surface area contributed by atoms with Crippen molar-refractivity contribution in [2.45, 2.75) is 25.4 Å². The molecule has 10 rings (SSSR count). The minimum Gasteiger partial charge on any atom is -1.00 e. The minimum absolute atomic E-state index is 0. The van der Waals surface area contributed by atoms with Crippen LogP contribution < -0.4 is 17.0 Å². The van der Waals surface area contributed by atoms with E-state index in [9.17, 15) is 9.90 Å². The van der Waals surface area contributed by atoms with E-state index in [0.717, 1.165) is 62.9 Å². The zero-order valence-corrected chi connectivity index (χ0v) is 39.2. The summed E-state index contributed by atoms with van der Waals surface area (Å²) in [6.07, 6.45) is 2.56. The third kappa shape index (κ3) is 12.2. The van der Waals surface area contributed by atoms with Gasteiger partial charge in [0.15, 0.2) is 0 Å². The van der Waals surface area contributed by atoms with Crippen LogP contribution in [-0.4, -0.2) is 53.9 Å². The van der Waals surface area contributed by atoms with E-state index in [4.69, 9.17) is 9.47 Å². The van der Waals surface area contributed by atoms with Gasteiger partial charge in [-0.2, -0.15) is 36.4 Å². The third-order valence-electron chi connectivity index (χ3n) is 10.7. The van der Waals surface area contributed by atoms with Crippen molar-refractivity contribution in [3.05, 3.63) is 253 Å². The zero-order valence-electron chi connectivity index (χ0n) is 36.2. The van der Waals surface area contributed by atoms with Gasteiger partial charge in [-0.15, -0.1) is 0 Å².